The van der Waals surface area contributed by atoms with Crippen LogP contribution in [0.2, 0.25) is 0 Å². The molecule has 0 amide bonds. The topological polar surface area (TPSA) is 49.3 Å². The summed E-state index contributed by atoms with van der Waals surface area (Å²) in [6.45, 7) is 3.18. The Morgan fingerprint density at radius 2 is 2.23 bits per heavy atom. The predicted octanol–water partition coefficient (Wildman–Crippen LogP) is 1.63. The smallest absolute Gasteiger partial charge is 0.303 e. The molecule has 13 heavy (non-hydrogen) atoms. The van der Waals surface area contributed by atoms with E-state index in [0.717, 1.165) is 25.3 Å². The minimum Gasteiger partial charge on any atom is -0.481 e. The van der Waals surface area contributed by atoms with Gasteiger partial charge in [-0.05, 0) is 45.1 Å². The Balaban J connectivity index is 1.85. The van der Waals surface area contributed by atoms with Crippen molar-refractivity contribution < 1.29 is 9.90 Å². The Hall–Kier alpha value is -0.570. The fraction of sp³-hybridized carbons (Fsp3) is 0.900. The minimum absolute atomic E-state index is 0.305. The largest absolute Gasteiger partial charge is 0.481 e. The van der Waals surface area contributed by atoms with Crippen LogP contribution >= 0.6 is 0 Å². The van der Waals surface area contributed by atoms with Crippen molar-refractivity contribution in [2.24, 2.45) is 5.92 Å². The van der Waals surface area contributed by atoms with E-state index in [1.165, 1.54) is 12.8 Å². The van der Waals surface area contributed by atoms with Gasteiger partial charge in [0, 0.05) is 12.5 Å². The van der Waals surface area contributed by atoms with E-state index in [9.17, 15) is 4.79 Å². The lowest BCUT2D eigenvalue weighted by Crippen LogP contribution is -2.28. The van der Waals surface area contributed by atoms with Crippen LogP contribution in [0.4, 0.5) is 0 Å². The summed E-state index contributed by atoms with van der Waals surface area (Å²) in [6, 6.07) is 0.629. The average molecular weight is 185 g/mol. The SMILES string of the molecule is CC(NCCCCC(=O)O)C1CC1. The molecule has 0 aromatic rings. The van der Waals surface area contributed by atoms with Crippen LogP contribution in [0.25, 0.3) is 0 Å². The fourth-order valence-corrected chi connectivity index (χ4v) is 1.49. The summed E-state index contributed by atoms with van der Waals surface area (Å²) in [6.07, 6.45) is 4.80. The van der Waals surface area contributed by atoms with Crippen molar-refractivity contribution in [1.29, 1.82) is 0 Å². The Bertz CT molecular complexity index is 166. The summed E-state index contributed by atoms with van der Waals surface area (Å²) >= 11 is 0. The van der Waals surface area contributed by atoms with Gasteiger partial charge in [0.15, 0.2) is 0 Å². The van der Waals surface area contributed by atoms with Gasteiger partial charge in [0.05, 0.1) is 0 Å². The number of carboxylic acids is 1. The summed E-state index contributed by atoms with van der Waals surface area (Å²) < 4.78 is 0. The second-order valence-electron chi connectivity index (χ2n) is 3.93. The molecule has 0 aromatic carbocycles. The van der Waals surface area contributed by atoms with Gasteiger partial charge in [-0.3, -0.25) is 4.79 Å². The molecule has 3 nitrogen and oxygen atoms in total. The third-order valence-corrected chi connectivity index (χ3v) is 2.61. The van der Waals surface area contributed by atoms with Crippen molar-refractivity contribution in [3.63, 3.8) is 0 Å². The van der Waals surface area contributed by atoms with E-state index in [4.69, 9.17) is 5.11 Å². The summed E-state index contributed by atoms with van der Waals surface area (Å²) in [7, 11) is 0. The van der Waals surface area contributed by atoms with Crippen LogP contribution in [-0.2, 0) is 4.79 Å². The molecule has 1 fully saturated rings. The molecule has 0 spiro atoms. The zero-order valence-electron chi connectivity index (χ0n) is 8.25. The molecule has 1 aliphatic carbocycles. The predicted molar refractivity (Wildman–Crippen MR) is 51.7 cm³/mol. The van der Waals surface area contributed by atoms with E-state index in [1.54, 1.807) is 0 Å². The minimum atomic E-state index is -0.685. The molecular formula is C10H19NO2. The molecule has 0 radical (unpaired) electrons. The molecule has 1 rings (SSSR count). The summed E-state index contributed by atoms with van der Waals surface area (Å²) in [5.74, 6) is 0.203. The highest BCUT2D eigenvalue weighted by atomic mass is 16.4. The van der Waals surface area contributed by atoms with Gasteiger partial charge in [0.25, 0.3) is 0 Å². The van der Waals surface area contributed by atoms with E-state index in [1.807, 2.05) is 0 Å². The highest BCUT2D eigenvalue weighted by molar-refractivity contribution is 5.66. The van der Waals surface area contributed by atoms with Crippen LogP contribution in [0.5, 0.6) is 0 Å². The van der Waals surface area contributed by atoms with Crippen LogP contribution in [0, 0.1) is 5.92 Å². The average Bonchev–Trinajstić information content (AvgIpc) is 2.85. The Morgan fingerprint density at radius 3 is 2.77 bits per heavy atom. The van der Waals surface area contributed by atoms with Crippen LogP contribution in [0.3, 0.4) is 0 Å². The number of rotatable bonds is 7. The second-order valence-corrected chi connectivity index (χ2v) is 3.93. The fourth-order valence-electron chi connectivity index (χ4n) is 1.49. The van der Waals surface area contributed by atoms with Crippen molar-refractivity contribution in [2.45, 2.75) is 45.1 Å². The van der Waals surface area contributed by atoms with Crippen molar-refractivity contribution in [3.8, 4) is 0 Å². The second kappa shape index (κ2) is 5.22. The number of nitrogens with one attached hydrogen (secondary N) is 1. The van der Waals surface area contributed by atoms with Gasteiger partial charge >= 0.3 is 5.97 Å². The molecule has 1 unspecified atom stereocenters. The standard InChI is InChI=1S/C10H19NO2/c1-8(9-5-6-9)11-7-3-2-4-10(12)13/h8-9,11H,2-7H2,1H3,(H,12,13). The lowest BCUT2D eigenvalue weighted by molar-refractivity contribution is -0.137. The number of hydrogen-bond acceptors (Lipinski definition) is 2. The van der Waals surface area contributed by atoms with E-state index >= 15 is 0 Å². The van der Waals surface area contributed by atoms with Crippen LogP contribution in [0.1, 0.15) is 39.0 Å². The quantitative estimate of drug-likeness (QED) is 0.593. The van der Waals surface area contributed by atoms with Gasteiger partial charge in [-0.2, -0.15) is 0 Å². The third-order valence-electron chi connectivity index (χ3n) is 2.61. The molecular weight excluding hydrogens is 166 g/mol. The maximum Gasteiger partial charge on any atom is 0.303 e. The first kappa shape index (κ1) is 10.5. The summed E-state index contributed by atoms with van der Waals surface area (Å²) in [4.78, 5) is 10.2. The van der Waals surface area contributed by atoms with Crippen molar-refractivity contribution in [2.75, 3.05) is 6.54 Å². The molecule has 0 bridgehead atoms. The molecule has 0 aliphatic heterocycles. The Morgan fingerprint density at radius 1 is 1.54 bits per heavy atom. The van der Waals surface area contributed by atoms with Gasteiger partial charge in [-0.1, -0.05) is 0 Å². The molecule has 0 aromatic heterocycles. The lowest BCUT2D eigenvalue weighted by Gasteiger charge is -2.11. The van der Waals surface area contributed by atoms with Gasteiger partial charge in [-0.25, -0.2) is 0 Å². The number of hydrogen-bond donors (Lipinski definition) is 2. The maximum atomic E-state index is 10.2. The monoisotopic (exact) mass is 185 g/mol. The number of aliphatic carboxylic acids is 1. The van der Waals surface area contributed by atoms with E-state index in [2.05, 4.69) is 12.2 Å². The molecule has 0 heterocycles. The maximum absolute atomic E-state index is 10.2. The summed E-state index contributed by atoms with van der Waals surface area (Å²) in [5, 5.41) is 11.8. The number of unbranched alkanes of at least 4 members (excludes halogenated alkanes) is 1. The van der Waals surface area contributed by atoms with Gasteiger partial charge in [0.2, 0.25) is 0 Å². The molecule has 1 atom stereocenters. The lowest BCUT2D eigenvalue weighted by atomic mass is 10.2. The zero-order valence-corrected chi connectivity index (χ0v) is 8.25. The Labute approximate surface area is 79.5 Å². The first-order valence-electron chi connectivity index (χ1n) is 5.15. The number of carboxylic acid groups (broad SMARTS) is 1. The van der Waals surface area contributed by atoms with Gasteiger partial charge < -0.3 is 10.4 Å². The molecule has 0 saturated heterocycles. The van der Waals surface area contributed by atoms with Gasteiger partial charge in [0.1, 0.15) is 0 Å². The van der Waals surface area contributed by atoms with Crippen LogP contribution in [0.15, 0.2) is 0 Å². The first-order chi connectivity index (χ1) is 6.20. The Kier molecular flexibility index (Phi) is 4.22. The zero-order chi connectivity index (χ0) is 9.68. The molecule has 76 valence electrons. The van der Waals surface area contributed by atoms with Gasteiger partial charge in [-0.15, -0.1) is 0 Å². The van der Waals surface area contributed by atoms with Crippen molar-refractivity contribution in [1.82, 2.24) is 5.32 Å². The third kappa shape index (κ3) is 4.88. The molecule has 1 saturated carbocycles. The normalized spacial score (nSPS) is 18.5. The van der Waals surface area contributed by atoms with E-state index in [-0.39, 0.29) is 0 Å². The van der Waals surface area contributed by atoms with Crippen LogP contribution in [-0.4, -0.2) is 23.7 Å². The molecule has 3 heteroatoms. The molecule has 1 aliphatic rings. The first-order valence-corrected chi connectivity index (χ1v) is 5.15. The van der Waals surface area contributed by atoms with Crippen LogP contribution < -0.4 is 5.32 Å². The highest BCUT2D eigenvalue weighted by Crippen LogP contribution is 2.32. The highest BCUT2D eigenvalue weighted by Gasteiger charge is 2.26. The summed E-state index contributed by atoms with van der Waals surface area (Å²) in [5.41, 5.74) is 0. The molecule has 2 N–H and O–H groups in total. The van der Waals surface area contributed by atoms with Crippen molar-refractivity contribution in [3.05, 3.63) is 0 Å². The number of carbonyl (C=O) groups is 1. The van der Waals surface area contributed by atoms with E-state index < -0.39 is 5.97 Å². The van der Waals surface area contributed by atoms with E-state index in [0.29, 0.717) is 12.5 Å². The van der Waals surface area contributed by atoms with Crippen molar-refractivity contribution >= 4 is 5.97 Å².